The molecule has 4 atom stereocenters. The fraction of sp³-hybridized carbons (Fsp3) is 0.391. The smallest absolute Gasteiger partial charge is 0.0917 e. The minimum Gasteiger partial charge on any atom is -0.368 e. The standard InChI is InChI=1S/C23H24N4/c1-22-19-15(14-6-2-4-8-17(14)25-19)10-13-27(22)21-23(11-12-24-20(22)23)16-7-3-5-9-18(16)26-21/h2-9,20-21,24-26H,10-13H2,1H3. The van der Waals surface area contributed by atoms with E-state index < -0.39 is 0 Å². The summed E-state index contributed by atoms with van der Waals surface area (Å²) in [4.78, 5) is 6.59. The summed E-state index contributed by atoms with van der Waals surface area (Å²) in [5.74, 6) is 0. The zero-order chi connectivity index (χ0) is 17.8. The van der Waals surface area contributed by atoms with Gasteiger partial charge in [0.2, 0.25) is 0 Å². The average molecular weight is 356 g/mol. The summed E-state index contributed by atoms with van der Waals surface area (Å²) < 4.78 is 0. The molecule has 0 bridgehead atoms. The van der Waals surface area contributed by atoms with E-state index in [1.54, 1.807) is 0 Å². The third-order valence-electron chi connectivity index (χ3n) is 8.00. The Labute approximate surface area is 159 Å². The Kier molecular flexibility index (Phi) is 2.49. The van der Waals surface area contributed by atoms with Gasteiger partial charge >= 0.3 is 0 Å². The number of nitrogens with one attached hydrogen (secondary N) is 3. The van der Waals surface area contributed by atoms with Crippen LogP contribution in [0, 0.1) is 0 Å². The number of aromatic nitrogens is 1. The van der Waals surface area contributed by atoms with Crippen molar-refractivity contribution in [2.75, 3.05) is 18.4 Å². The zero-order valence-corrected chi connectivity index (χ0v) is 15.5. The van der Waals surface area contributed by atoms with E-state index in [4.69, 9.17) is 0 Å². The van der Waals surface area contributed by atoms with Crippen molar-refractivity contribution >= 4 is 16.6 Å². The second-order valence-corrected chi connectivity index (χ2v) is 8.89. The molecule has 0 aliphatic carbocycles. The van der Waals surface area contributed by atoms with E-state index in [1.807, 2.05) is 0 Å². The fourth-order valence-corrected chi connectivity index (χ4v) is 7.04. The topological polar surface area (TPSA) is 43.1 Å². The number of benzene rings is 2. The number of nitrogens with zero attached hydrogens (tertiary/aromatic N) is 1. The first-order valence-electron chi connectivity index (χ1n) is 10.2. The van der Waals surface area contributed by atoms with Gasteiger partial charge in [-0.25, -0.2) is 0 Å². The SMILES string of the molecule is CC12c3[nH]c4ccccc4c3CCN1C1Nc3ccccc3C13CCNC32. The first-order chi connectivity index (χ1) is 13.2. The Morgan fingerprint density at radius 2 is 1.93 bits per heavy atom. The summed E-state index contributed by atoms with van der Waals surface area (Å²) >= 11 is 0. The van der Waals surface area contributed by atoms with Crippen LogP contribution in [-0.2, 0) is 17.4 Å². The van der Waals surface area contributed by atoms with Gasteiger partial charge in [-0.1, -0.05) is 36.4 Å². The molecule has 1 spiro atoms. The van der Waals surface area contributed by atoms with E-state index in [0.717, 1.165) is 19.5 Å². The van der Waals surface area contributed by atoms with Crippen molar-refractivity contribution in [1.29, 1.82) is 0 Å². The maximum atomic E-state index is 3.94. The van der Waals surface area contributed by atoms with Gasteiger partial charge in [0.05, 0.1) is 11.7 Å². The van der Waals surface area contributed by atoms with E-state index >= 15 is 0 Å². The van der Waals surface area contributed by atoms with Crippen LogP contribution >= 0.6 is 0 Å². The van der Waals surface area contributed by atoms with Gasteiger partial charge < -0.3 is 15.6 Å². The van der Waals surface area contributed by atoms with Crippen molar-refractivity contribution < 1.29 is 0 Å². The largest absolute Gasteiger partial charge is 0.368 e. The average Bonchev–Trinajstić information content (AvgIpc) is 3.41. The van der Waals surface area contributed by atoms with E-state index in [-0.39, 0.29) is 11.0 Å². The van der Waals surface area contributed by atoms with Gasteiger partial charge in [-0.3, -0.25) is 4.90 Å². The van der Waals surface area contributed by atoms with Crippen LogP contribution in [0.3, 0.4) is 0 Å². The number of fused-ring (bicyclic) bond motifs is 8. The summed E-state index contributed by atoms with van der Waals surface area (Å²) in [6.07, 6.45) is 2.69. The molecule has 136 valence electrons. The number of hydrogen-bond donors (Lipinski definition) is 3. The Hall–Kier alpha value is -2.30. The molecule has 0 radical (unpaired) electrons. The molecule has 3 N–H and O–H groups in total. The predicted molar refractivity (Wildman–Crippen MR) is 108 cm³/mol. The lowest BCUT2D eigenvalue weighted by molar-refractivity contribution is 0.0894. The molecule has 4 aliphatic rings. The van der Waals surface area contributed by atoms with Crippen LogP contribution in [0.25, 0.3) is 10.9 Å². The van der Waals surface area contributed by atoms with E-state index in [2.05, 4.69) is 76.0 Å². The van der Waals surface area contributed by atoms with Crippen LogP contribution in [0.15, 0.2) is 48.5 Å². The fourth-order valence-electron chi connectivity index (χ4n) is 7.04. The van der Waals surface area contributed by atoms with Crippen molar-refractivity contribution in [3.63, 3.8) is 0 Å². The van der Waals surface area contributed by atoms with Crippen molar-refractivity contribution in [2.45, 2.75) is 42.9 Å². The number of hydrogen-bond acceptors (Lipinski definition) is 3. The Balaban J connectivity index is 1.51. The van der Waals surface area contributed by atoms with Crippen LogP contribution in [0.5, 0.6) is 0 Å². The van der Waals surface area contributed by atoms with E-state index in [0.29, 0.717) is 12.2 Å². The van der Waals surface area contributed by atoms with Gasteiger partial charge in [0.15, 0.2) is 0 Å². The maximum absolute atomic E-state index is 3.94. The van der Waals surface area contributed by atoms with Gasteiger partial charge in [0.25, 0.3) is 0 Å². The molecule has 4 heteroatoms. The number of para-hydroxylation sites is 2. The molecule has 3 aromatic rings. The number of H-pyrrole nitrogens is 1. The second kappa shape index (κ2) is 4.57. The first-order valence-corrected chi connectivity index (χ1v) is 10.2. The first kappa shape index (κ1) is 14.7. The molecule has 4 nitrogen and oxygen atoms in total. The van der Waals surface area contributed by atoms with Crippen LogP contribution < -0.4 is 10.6 Å². The highest BCUT2D eigenvalue weighted by atomic mass is 15.4. The molecule has 1 aromatic heterocycles. The normalized spacial score (nSPS) is 36.0. The third-order valence-corrected chi connectivity index (χ3v) is 8.00. The molecule has 7 rings (SSSR count). The monoisotopic (exact) mass is 356 g/mol. The van der Waals surface area contributed by atoms with Gasteiger partial charge in [0.1, 0.15) is 0 Å². The molecule has 2 fully saturated rings. The number of rotatable bonds is 0. The van der Waals surface area contributed by atoms with Crippen LogP contribution in [0.1, 0.15) is 30.2 Å². The lowest BCUT2D eigenvalue weighted by Crippen LogP contribution is -2.55. The summed E-state index contributed by atoms with van der Waals surface area (Å²) in [5.41, 5.74) is 7.23. The molecular weight excluding hydrogens is 332 g/mol. The molecule has 27 heavy (non-hydrogen) atoms. The minimum absolute atomic E-state index is 0.0195. The molecule has 0 amide bonds. The minimum atomic E-state index is -0.0195. The Morgan fingerprint density at radius 3 is 2.89 bits per heavy atom. The predicted octanol–water partition coefficient (Wildman–Crippen LogP) is 3.31. The van der Waals surface area contributed by atoms with Crippen molar-refractivity contribution in [2.24, 2.45) is 0 Å². The van der Waals surface area contributed by atoms with E-state index in [1.165, 1.54) is 39.8 Å². The molecule has 2 saturated heterocycles. The van der Waals surface area contributed by atoms with Crippen molar-refractivity contribution in [3.05, 3.63) is 65.4 Å². The third kappa shape index (κ3) is 1.45. The van der Waals surface area contributed by atoms with Gasteiger partial charge in [-0.15, -0.1) is 0 Å². The van der Waals surface area contributed by atoms with Crippen molar-refractivity contribution in [3.8, 4) is 0 Å². The highest BCUT2D eigenvalue weighted by Gasteiger charge is 2.71. The number of aromatic amines is 1. The summed E-state index contributed by atoms with van der Waals surface area (Å²) in [7, 11) is 0. The second-order valence-electron chi connectivity index (χ2n) is 8.89. The lowest BCUT2D eigenvalue weighted by atomic mass is 9.70. The quantitative estimate of drug-likeness (QED) is 0.579. The summed E-state index contributed by atoms with van der Waals surface area (Å²) in [5, 5.41) is 9.27. The van der Waals surface area contributed by atoms with Gasteiger partial charge in [-0.2, -0.15) is 0 Å². The highest BCUT2D eigenvalue weighted by molar-refractivity contribution is 5.85. The number of anilines is 1. The maximum Gasteiger partial charge on any atom is 0.0917 e. The molecule has 0 saturated carbocycles. The highest BCUT2D eigenvalue weighted by Crippen LogP contribution is 2.62. The molecule has 2 aromatic carbocycles. The van der Waals surface area contributed by atoms with Crippen LogP contribution in [0.4, 0.5) is 5.69 Å². The zero-order valence-electron chi connectivity index (χ0n) is 15.5. The molecule has 4 aliphatic heterocycles. The summed E-state index contributed by atoms with van der Waals surface area (Å²) in [6.45, 7) is 4.67. The Bertz CT molecular complexity index is 1100. The lowest BCUT2D eigenvalue weighted by Gasteiger charge is -2.44. The van der Waals surface area contributed by atoms with Crippen LogP contribution in [-0.4, -0.2) is 35.2 Å². The Morgan fingerprint density at radius 1 is 1.07 bits per heavy atom. The van der Waals surface area contributed by atoms with Crippen LogP contribution in [0.2, 0.25) is 0 Å². The van der Waals surface area contributed by atoms with Gasteiger partial charge in [-0.05, 0) is 49.6 Å². The summed E-state index contributed by atoms with van der Waals surface area (Å²) in [6, 6.07) is 18.2. The van der Waals surface area contributed by atoms with Crippen molar-refractivity contribution in [1.82, 2.24) is 15.2 Å². The van der Waals surface area contributed by atoms with E-state index in [9.17, 15) is 0 Å². The molecular formula is C23H24N4. The van der Waals surface area contributed by atoms with Gasteiger partial charge in [0, 0.05) is 40.3 Å². The molecule has 4 unspecified atom stereocenters. The molecule has 5 heterocycles.